The van der Waals surface area contributed by atoms with Crippen LogP contribution in [0.2, 0.25) is 0 Å². The lowest BCUT2D eigenvalue weighted by molar-refractivity contribution is 0.0794. The number of nitrogens with two attached hydrogens (primary N) is 1. The van der Waals surface area contributed by atoms with Crippen LogP contribution in [-0.4, -0.2) is 35.9 Å². The number of pyridine rings is 1. The van der Waals surface area contributed by atoms with Crippen LogP contribution in [0.1, 0.15) is 22.5 Å². The van der Waals surface area contributed by atoms with Gasteiger partial charge in [0, 0.05) is 31.0 Å². The van der Waals surface area contributed by atoms with Crippen molar-refractivity contribution in [2.24, 2.45) is 5.73 Å². The van der Waals surface area contributed by atoms with Gasteiger partial charge in [0.2, 0.25) is 0 Å². The number of hydrogen-bond donors (Lipinski definition) is 1. The van der Waals surface area contributed by atoms with Gasteiger partial charge in [-0.05, 0) is 32.0 Å². The molecule has 0 fully saturated rings. The molecule has 0 saturated heterocycles. The standard InChI is InChI=1S/C11H17N3O/c1-9-8-10(4-6-13-9)11(15)14(2)7-3-5-12/h4,6,8H,3,5,7,12H2,1-2H3. The third kappa shape index (κ3) is 3.32. The number of amides is 1. The van der Waals surface area contributed by atoms with Crippen LogP contribution in [0.3, 0.4) is 0 Å². The van der Waals surface area contributed by atoms with Gasteiger partial charge in [-0.25, -0.2) is 0 Å². The van der Waals surface area contributed by atoms with Crippen LogP contribution in [0.25, 0.3) is 0 Å². The Balaban J connectivity index is 2.67. The molecule has 1 rings (SSSR count). The van der Waals surface area contributed by atoms with Gasteiger partial charge in [0.25, 0.3) is 5.91 Å². The van der Waals surface area contributed by atoms with E-state index in [9.17, 15) is 4.79 Å². The molecule has 0 unspecified atom stereocenters. The fourth-order valence-corrected chi connectivity index (χ4v) is 1.33. The molecule has 0 aromatic carbocycles. The summed E-state index contributed by atoms with van der Waals surface area (Å²) in [6.07, 6.45) is 2.48. The maximum atomic E-state index is 11.9. The van der Waals surface area contributed by atoms with Crippen molar-refractivity contribution in [1.29, 1.82) is 0 Å². The van der Waals surface area contributed by atoms with E-state index in [4.69, 9.17) is 5.73 Å². The first-order valence-corrected chi connectivity index (χ1v) is 5.03. The molecule has 1 aromatic rings. The molecule has 1 amide bonds. The number of nitrogens with zero attached hydrogens (tertiary/aromatic N) is 2. The van der Waals surface area contributed by atoms with Gasteiger partial charge >= 0.3 is 0 Å². The van der Waals surface area contributed by atoms with Gasteiger partial charge in [0.1, 0.15) is 0 Å². The Labute approximate surface area is 90.1 Å². The van der Waals surface area contributed by atoms with Gasteiger partial charge in [-0.15, -0.1) is 0 Å². The van der Waals surface area contributed by atoms with Crippen LogP contribution in [0.15, 0.2) is 18.3 Å². The lowest BCUT2D eigenvalue weighted by Crippen LogP contribution is -2.29. The first-order valence-electron chi connectivity index (χ1n) is 5.03. The molecule has 82 valence electrons. The summed E-state index contributed by atoms with van der Waals surface area (Å²) >= 11 is 0. The Morgan fingerprint density at radius 1 is 1.60 bits per heavy atom. The van der Waals surface area contributed by atoms with Gasteiger partial charge in [-0.3, -0.25) is 9.78 Å². The van der Waals surface area contributed by atoms with E-state index in [0.717, 1.165) is 12.1 Å². The number of aryl methyl sites for hydroxylation is 1. The van der Waals surface area contributed by atoms with Gasteiger partial charge in [-0.1, -0.05) is 0 Å². The minimum Gasteiger partial charge on any atom is -0.342 e. The van der Waals surface area contributed by atoms with Crippen LogP contribution in [0.5, 0.6) is 0 Å². The van der Waals surface area contributed by atoms with Crippen molar-refractivity contribution >= 4 is 5.91 Å². The SMILES string of the molecule is Cc1cc(C(=O)N(C)CCCN)ccn1. The Morgan fingerprint density at radius 3 is 2.93 bits per heavy atom. The van der Waals surface area contributed by atoms with Gasteiger partial charge < -0.3 is 10.6 Å². The van der Waals surface area contributed by atoms with E-state index in [1.54, 1.807) is 30.3 Å². The minimum atomic E-state index is 0.0222. The van der Waals surface area contributed by atoms with E-state index in [0.29, 0.717) is 18.7 Å². The number of rotatable bonds is 4. The summed E-state index contributed by atoms with van der Waals surface area (Å²) in [4.78, 5) is 17.6. The van der Waals surface area contributed by atoms with Crippen molar-refractivity contribution in [2.45, 2.75) is 13.3 Å². The Kier molecular flexibility index (Phi) is 4.24. The van der Waals surface area contributed by atoms with E-state index >= 15 is 0 Å². The molecule has 0 radical (unpaired) electrons. The Morgan fingerprint density at radius 2 is 2.33 bits per heavy atom. The molecule has 0 spiro atoms. The third-order valence-corrected chi connectivity index (χ3v) is 2.19. The molecule has 2 N–H and O–H groups in total. The summed E-state index contributed by atoms with van der Waals surface area (Å²) in [6.45, 7) is 3.17. The zero-order valence-electron chi connectivity index (χ0n) is 9.23. The second-order valence-corrected chi connectivity index (χ2v) is 3.55. The van der Waals surface area contributed by atoms with E-state index < -0.39 is 0 Å². The molecule has 0 bridgehead atoms. The molecule has 0 saturated carbocycles. The smallest absolute Gasteiger partial charge is 0.253 e. The Bertz CT molecular complexity index is 338. The molecular weight excluding hydrogens is 190 g/mol. The van der Waals surface area contributed by atoms with Crippen molar-refractivity contribution < 1.29 is 4.79 Å². The average Bonchev–Trinajstić information content (AvgIpc) is 2.24. The lowest BCUT2D eigenvalue weighted by Gasteiger charge is -2.16. The summed E-state index contributed by atoms with van der Waals surface area (Å²) in [6, 6.07) is 3.52. The van der Waals surface area contributed by atoms with E-state index in [1.165, 1.54) is 0 Å². The highest BCUT2D eigenvalue weighted by molar-refractivity contribution is 5.94. The van der Waals surface area contributed by atoms with Gasteiger partial charge in [0.15, 0.2) is 0 Å². The molecule has 0 aliphatic rings. The first kappa shape index (κ1) is 11.7. The number of hydrogen-bond acceptors (Lipinski definition) is 3. The second-order valence-electron chi connectivity index (χ2n) is 3.55. The molecule has 4 nitrogen and oxygen atoms in total. The van der Waals surface area contributed by atoms with Crippen molar-refractivity contribution in [2.75, 3.05) is 20.1 Å². The number of carbonyl (C=O) groups excluding carboxylic acids is 1. The van der Waals surface area contributed by atoms with E-state index in [2.05, 4.69) is 4.98 Å². The largest absolute Gasteiger partial charge is 0.342 e. The highest BCUT2D eigenvalue weighted by Crippen LogP contribution is 2.04. The zero-order valence-corrected chi connectivity index (χ0v) is 9.23. The first-order chi connectivity index (χ1) is 7.15. The van der Waals surface area contributed by atoms with Gasteiger partial charge in [0.05, 0.1) is 0 Å². The fraction of sp³-hybridized carbons (Fsp3) is 0.455. The van der Waals surface area contributed by atoms with E-state index in [1.807, 2.05) is 6.92 Å². The summed E-state index contributed by atoms with van der Waals surface area (Å²) in [5.41, 5.74) is 6.93. The molecule has 0 atom stereocenters. The maximum absolute atomic E-state index is 11.9. The van der Waals surface area contributed by atoms with Crippen molar-refractivity contribution in [3.05, 3.63) is 29.6 Å². The van der Waals surface area contributed by atoms with Crippen LogP contribution in [0.4, 0.5) is 0 Å². The lowest BCUT2D eigenvalue weighted by atomic mass is 10.2. The monoisotopic (exact) mass is 207 g/mol. The van der Waals surface area contributed by atoms with Crippen LogP contribution in [-0.2, 0) is 0 Å². The summed E-state index contributed by atoms with van der Waals surface area (Å²) in [5, 5.41) is 0. The normalized spacial score (nSPS) is 10.1. The maximum Gasteiger partial charge on any atom is 0.253 e. The summed E-state index contributed by atoms with van der Waals surface area (Å²) in [5.74, 6) is 0.0222. The van der Waals surface area contributed by atoms with Crippen molar-refractivity contribution in [1.82, 2.24) is 9.88 Å². The summed E-state index contributed by atoms with van der Waals surface area (Å²) < 4.78 is 0. The molecule has 0 aliphatic carbocycles. The highest BCUT2D eigenvalue weighted by Gasteiger charge is 2.10. The predicted molar refractivity (Wildman–Crippen MR) is 59.6 cm³/mol. The van der Waals surface area contributed by atoms with Crippen LogP contribution in [0, 0.1) is 6.92 Å². The highest BCUT2D eigenvalue weighted by atomic mass is 16.2. The van der Waals surface area contributed by atoms with Gasteiger partial charge in [-0.2, -0.15) is 0 Å². The quantitative estimate of drug-likeness (QED) is 0.794. The molecule has 4 heteroatoms. The minimum absolute atomic E-state index is 0.0222. The molecule has 15 heavy (non-hydrogen) atoms. The van der Waals surface area contributed by atoms with Crippen molar-refractivity contribution in [3.63, 3.8) is 0 Å². The average molecular weight is 207 g/mol. The fourth-order valence-electron chi connectivity index (χ4n) is 1.33. The van der Waals surface area contributed by atoms with Crippen LogP contribution >= 0.6 is 0 Å². The predicted octanol–water partition coefficient (Wildman–Crippen LogP) is 0.811. The third-order valence-electron chi connectivity index (χ3n) is 2.19. The number of aromatic nitrogens is 1. The van der Waals surface area contributed by atoms with Crippen LogP contribution < -0.4 is 5.73 Å². The number of carbonyl (C=O) groups is 1. The molecule has 1 aromatic heterocycles. The molecule has 1 heterocycles. The molecule has 0 aliphatic heterocycles. The zero-order chi connectivity index (χ0) is 11.3. The summed E-state index contributed by atoms with van der Waals surface area (Å²) in [7, 11) is 1.79. The van der Waals surface area contributed by atoms with E-state index in [-0.39, 0.29) is 5.91 Å². The topological polar surface area (TPSA) is 59.2 Å². The molecular formula is C11H17N3O. The Hall–Kier alpha value is -1.42. The van der Waals surface area contributed by atoms with Crippen molar-refractivity contribution in [3.8, 4) is 0 Å². The second kappa shape index (κ2) is 5.46.